The summed E-state index contributed by atoms with van der Waals surface area (Å²) >= 11 is 12.0. The second-order valence-corrected chi connectivity index (χ2v) is 9.97. The van der Waals surface area contributed by atoms with Crippen LogP contribution in [0, 0.1) is 0 Å². The van der Waals surface area contributed by atoms with Crippen LogP contribution in [-0.4, -0.2) is 29.9 Å². The molecule has 0 atom stereocenters. The molecule has 1 aromatic heterocycles. The number of pyridine rings is 1. The predicted octanol–water partition coefficient (Wildman–Crippen LogP) is 7.55. The maximum atomic E-state index is 13.1. The Morgan fingerprint density at radius 1 is 0.763 bits per heavy atom. The highest BCUT2D eigenvalue weighted by atomic mass is 35.5. The monoisotopic (exact) mass is 544 g/mol. The summed E-state index contributed by atoms with van der Waals surface area (Å²) in [4.78, 5) is 32.6. The number of hydrogen-bond donors (Lipinski definition) is 2. The fourth-order valence-electron chi connectivity index (χ4n) is 4.57. The van der Waals surface area contributed by atoms with Gasteiger partial charge in [-0.1, -0.05) is 53.5 Å². The lowest BCUT2D eigenvalue weighted by atomic mass is 10.00. The minimum Gasteiger partial charge on any atom is -0.371 e. The number of carbonyl (C=O) groups excluding carboxylic acids is 2. The lowest BCUT2D eigenvalue weighted by molar-refractivity contribution is 0.102. The molecule has 0 spiro atoms. The van der Waals surface area contributed by atoms with E-state index in [0.717, 1.165) is 24.2 Å². The number of aromatic nitrogens is 1. The number of nitrogens with zero attached hydrogens (tertiary/aromatic N) is 2. The van der Waals surface area contributed by atoms with Gasteiger partial charge in [-0.2, -0.15) is 0 Å². The van der Waals surface area contributed by atoms with Gasteiger partial charge < -0.3 is 15.5 Å². The molecule has 1 aliphatic rings. The molecule has 0 unspecified atom stereocenters. The number of benzene rings is 3. The summed E-state index contributed by atoms with van der Waals surface area (Å²) in [5.41, 5.74) is 4.44. The number of nitrogens with one attached hydrogen (secondary N) is 2. The van der Waals surface area contributed by atoms with Crippen LogP contribution < -0.4 is 15.5 Å². The summed E-state index contributed by atoms with van der Waals surface area (Å²) in [6, 6.07) is 23.8. The number of anilines is 3. The van der Waals surface area contributed by atoms with Crippen LogP contribution in [-0.2, 0) is 0 Å². The van der Waals surface area contributed by atoms with E-state index in [1.54, 1.807) is 36.4 Å². The zero-order valence-electron chi connectivity index (χ0n) is 20.6. The smallest absolute Gasteiger partial charge is 0.258 e. The minimum absolute atomic E-state index is 0.217. The molecule has 6 nitrogen and oxygen atoms in total. The van der Waals surface area contributed by atoms with E-state index >= 15 is 0 Å². The van der Waals surface area contributed by atoms with Gasteiger partial charge in [-0.25, -0.2) is 4.98 Å². The third-order valence-corrected chi connectivity index (χ3v) is 6.96. The van der Waals surface area contributed by atoms with Gasteiger partial charge >= 0.3 is 0 Å². The Morgan fingerprint density at radius 2 is 1.50 bits per heavy atom. The largest absolute Gasteiger partial charge is 0.371 e. The molecule has 1 fully saturated rings. The molecule has 0 saturated carbocycles. The van der Waals surface area contributed by atoms with Gasteiger partial charge in [-0.15, -0.1) is 0 Å². The molecule has 4 aromatic rings. The molecule has 2 heterocycles. The van der Waals surface area contributed by atoms with Crippen molar-refractivity contribution >= 4 is 52.2 Å². The standard InChI is InChI=1S/C30H26Cl2N4O2/c31-22-12-14-26(25(18-22)30(38)35-28-15-13-23(32)19-33-28)34-29(37)21-10-8-20(9-11-21)24-6-2-3-7-27(24)36-16-4-1-5-17-36/h2-3,6-15,18-19H,1,4-5,16-17H2,(H,34,37)(H,33,35,38). The van der Waals surface area contributed by atoms with Crippen molar-refractivity contribution in [2.75, 3.05) is 28.6 Å². The Balaban J connectivity index is 1.34. The van der Waals surface area contributed by atoms with Crippen LogP contribution in [0.3, 0.4) is 0 Å². The number of carbonyl (C=O) groups is 2. The average molecular weight is 545 g/mol. The summed E-state index contributed by atoms with van der Waals surface area (Å²) in [7, 11) is 0. The van der Waals surface area contributed by atoms with Gasteiger partial charge in [0, 0.05) is 41.1 Å². The average Bonchev–Trinajstić information content (AvgIpc) is 2.95. The molecule has 0 aliphatic carbocycles. The number of piperidine rings is 1. The number of para-hydroxylation sites is 1. The molecule has 3 aromatic carbocycles. The molecule has 1 saturated heterocycles. The van der Waals surface area contributed by atoms with Gasteiger partial charge in [0.1, 0.15) is 5.82 Å². The van der Waals surface area contributed by atoms with Crippen LogP contribution >= 0.6 is 23.2 Å². The first-order chi connectivity index (χ1) is 18.5. The molecule has 8 heteroatoms. The van der Waals surface area contributed by atoms with Gasteiger partial charge in [-0.3, -0.25) is 9.59 Å². The highest BCUT2D eigenvalue weighted by Crippen LogP contribution is 2.33. The molecule has 2 amide bonds. The summed E-state index contributed by atoms with van der Waals surface area (Å²) in [5.74, 6) is -0.457. The molecule has 0 radical (unpaired) electrons. The van der Waals surface area contributed by atoms with E-state index in [1.807, 2.05) is 18.2 Å². The predicted molar refractivity (Wildman–Crippen MR) is 155 cm³/mol. The molecular formula is C30H26Cl2N4O2. The second kappa shape index (κ2) is 11.7. The Hall–Kier alpha value is -3.87. The van der Waals surface area contributed by atoms with Crippen LogP contribution in [0.2, 0.25) is 10.0 Å². The summed E-state index contributed by atoms with van der Waals surface area (Å²) < 4.78 is 0. The Bertz CT molecular complexity index is 1450. The molecule has 5 rings (SSSR count). The normalized spacial score (nSPS) is 13.2. The van der Waals surface area contributed by atoms with E-state index in [-0.39, 0.29) is 11.5 Å². The Labute approximate surface area is 231 Å². The van der Waals surface area contributed by atoms with Gasteiger partial charge in [-0.05, 0) is 73.4 Å². The minimum atomic E-state index is -0.456. The zero-order chi connectivity index (χ0) is 26.5. The van der Waals surface area contributed by atoms with Crippen LogP contribution in [0.25, 0.3) is 11.1 Å². The number of amides is 2. The lowest BCUT2D eigenvalue weighted by Gasteiger charge is -2.30. The van der Waals surface area contributed by atoms with Crippen LogP contribution in [0.15, 0.2) is 85.1 Å². The quantitative estimate of drug-likeness (QED) is 0.262. The number of halogens is 2. The van der Waals surface area contributed by atoms with E-state index < -0.39 is 5.91 Å². The zero-order valence-corrected chi connectivity index (χ0v) is 22.1. The first-order valence-electron chi connectivity index (χ1n) is 12.5. The molecule has 0 bridgehead atoms. The second-order valence-electron chi connectivity index (χ2n) is 9.10. The van der Waals surface area contributed by atoms with Crippen molar-refractivity contribution in [3.8, 4) is 11.1 Å². The number of hydrogen-bond acceptors (Lipinski definition) is 4. The van der Waals surface area contributed by atoms with Crippen LogP contribution in [0.4, 0.5) is 17.2 Å². The SMILES string of the molecule is O=C(Nc1ccc(Cl)cc1C(=O)Nc1ccc(Cl)cn1)c1ccc(-c2ccccc2N2CCCCC2)cc1. The molecule has 38 heavy (non-hydrogen) atoms. The van der Waals surface area contributed by atoms with Crippen molar-refractivity contribution in [3.63, 3.8) is 0 Å². The lowest BCUT2D eigenvalue weighted by Crippen LogP contribution is -2.29. The van der Waals surface area contributed by atoms with Crippen LogP contribution in [0.5, 0.6) is 0 Å². The van der Waals surface area contributed by atoms with Crippen molar-refractivity contribution in [2.24, 2.45) is 0 Å². The van der Waals surface area contributed by atoms with E-state index in [2.05, 4.69) is 38.7 Å². The Kier molecular flexibility index (Phi) is 7.91. The van der Waals surface area contributed by atoms with Gasteiger partial charge in [0.05, 0.1) is 16.3 Å². The van der Waals surface area contributed by atoms with Crippen LogP contribution in [0.1, 0.15) is 40.0 Å². The van der Waals surface area contributed by atoms with Crippen molar-refractivity contribution in [1.29, 1.82) is 0 Å². The maximum absolute atomic E-state index is 13.1. The van der Waals surface area contributed by atoms with Crippen molar-refractivity contribution in [1.82, 2.24) is 4.98 Å². The van der Waals surface area contributed by atoms with Crippen molar-refractivity contribution < 1.29 is 9.59 Å². The molecule has 192 valence electrons. The van der Waals surface area contributed by atoms with Gasteiger partial charge in [0.15, 0.2) is 0 Å². The highest BCUT2D eigenvalue weighted by molar-refractivity contribution is 6.31. The van der Waals surface area contributed by atoms with E-state index in [0.29, 0.717) is 27.1 Å². The maximum Gasteiger partial charge on any atom is 0.258 e. The van der Waals surface area contributed by atoms with E-state index in [4.69, 9.17) is 23.2 Å². The molecule has 2 N–H and O–H groups in total. The van der Waals surface area contributed by atoms with E-state index in [1.165, 1.54) is 37.2 Å². The first-order valence-corrected chi connectivity index (χ1v) is 13.2. The fraction of sp³-hybridized carbons (Fsp3) is 0.167. The summed E-state index contributed by atoms with van der Waals surface area (Å²) in [5, 5.41) is 6.37. The first kappa shape index (κ1) is 25.8. The fourth-order valence-corrected chi connectivity index (χ4v) is 4.85. The van der Waals surface area contributed by atoms with Crippen molar-refractivity contribution in [3.05, 3.63) is 106 Å². The third-order valence-electron chi connectivity index (χ3n) is 6.50. The third kappa shape index (κ3) is 5.98. The highest BCUT2D eigenvalue weighted by Gasteiger charge is 2.18. The van der Waals surface area contributed by atoms with Gasteiger partial charge in [0.25, 0.3) is 11.8 Å². The molecular weight excluding hydrogens is 519 g/mol. The van der Waals surface area contributed by atoms with Gasteiger partial charge in [0.2, 0.25) is 0 Å². The number of rotatable bonds is 6. The Morgan fingerprint density at radius 3 is 2.24 bits per heavy atom. The summed E-state index contributed by atoms with van der Waals surface area (Å²) in [6.07, 6.45) is 5.12. The topological polar surface area (TPSA) is 74.3 Å². The molecule has 1 aliphatic heterocycles. The summed E-state index contributed by atoms with van der Waals surface area (Å²) in [6.45, 7) is 2.12. The van der Waals surface area contributed by atoms with E-state index in [9.17, 15) is 9.59 Å². The van der Waals surface area contributed by atoms with Crippen molar-refractivity contribution in [2.45, 2.75) is 19.3 Å².